The lowest BCUT2D eigenvalue weighted by Crippen LogP contribution is -2.09. The van der Waals surface area contributed by atoms with Crippen molar-refractivity contribution in [2.75, 3.05) is 12.4 Å². The normalized spacial score (nSPS) is 8.43. The number of rotatable bonds is 2. The molecule has 1 N–H and O–H groups in total. The number of carbonyl (C=O) groups is 1. The summed E-state index contributed by atoms with van der Waals surface area (Å²) in [5.41, 5.74) is 0.496. The number of aromatic nitrogens is 1. The van der Waals surface area contributed by atoms with Crippen molar-refractivity contribution in [1.29, 1.82) is 0 Å². The molecule has 1 amide bonds. The maximum atomic E-state index is 11.1. The number of nitrogens with one attached hydrogen (secondary N) is 1. The maximum absolute atomic E-state index is 11.1. The largest absolute Gasteiger partial charge is 0.480 e. The van der Waals surface area contributed by atoms with Gasteiger partial charge in [0, 0.05) is 28.0 Å². The van der Waals surface area contributed by atoms with E-state index in [1.54, 1.807) is 18.3 Å². The number of ether oxygens (including phenoxy) is 1. The van der Waals surface area contributed by atoms with Crippen molar-refractivity contribution in [3.05, 3.63) is 18.3 Å². The van der Waals surface area contributed by atoms with Crippen LogP contribution < -0.4 is 10.1 Å². The molecule has 0 aliphatic rings. The van der Waals surface area contributed by atoms with E-state index in [4.69, 9.17) is 4.74 Å². The van der Waals surface area contributed by atoms with Gasteiger partial charge in [0.05, 0.1) is 7.11 Å². The highest BCUT2D eigenvalue weighted by Gasteiger charge is 2.04. The first-order chi connectivity index (χ1) is 6.77. The smallest absolute Gasteiger partial charge is 0.301 e. The second-order valence-corrected chi connectivity index (χ2v) is 2.63. The summed E-state index contributed by atoms with van der Waals surface area (Å²) in [6.07, 6.45) is 1.57. The van der Waals surface area contributed by atoms with Crippen molar-refractivity contribution in [3.63, 3.8) is 0 Å². The Bertz CT molecular complexity index is 395. The minimum absolute atomic E-state index is 0.359. The zero-order valence-electron chi connectivity index (χ0n) is 7.37. The monoisotopic (exact) mass is 254 g/mol. The van der Waals surface area contributed by atoms with E-state index in [0.29, 0.717) is 11.6 Å². The van der Waals surface area contributed by atoms with Crippen molar-refractivity contribution in [2.24, 2.45) is 0 Å². The fourth-order valence-corrected chi connectivity index (χ4v) is 1.03. The number of carbonyl (C=O) groups excluding carboxylic acids is 1. The third-order valence-corrected chi connectivity index (χ3v) is 1.57. The Morgan fingerprint density at radius 3 is 3.14 bits per heavy atom. The van der Waals surface area contributed by atoms with Crippen molar-refractivity contribution >= 4 is 27.5 Å². The number of nitrogens with zero attached hydrogens (tertiary/aromatic N) is 1. The number of halogens is 1. The van der Waals surface area contributed by atoms with Gasteiger partial charge in [-0.15, -0.1) is 0 Å². The predicted octanol–water partition coefficient (Wildman–Crippen LogP) is 1.38. The Hall–Kier alpha value is -1.54. The molecule has 0 atom stereocenters. The third kappa shape index (κ3) is 2.75. The lowest BCUT2D eigenvalue weighted by molar-refractivity contribution is -0.111. The number of pyridine rings is 1. The van der Waals surface area contributed by atoms with E-state index in [9.17, 15) is 4.79 Å². The highest BCUT2D eigenvalue weighted by atomic mass is 79.9. The molecule has 1 aromatic heterocycles. The van der Waals surface area contributed by atoms with Crippen LogP contribution in [-0.4, -0.2) is 18.0 Å². The topological polar surface area (TPSA) is 51.2 Å². The van der Waals surface area contributed by atoms with Crippen molar-refractivity contribution < 1.29 is 9.53 Å². The first-order valence-electron chi connectivity index (χ1n) is 3.69. The summed E-state index contributed by atoms with van der Waals surface area (Å²) in [5.74, 6) is 2.21. The van der Waals surface area contributed by atoms with E-state index in [2.05, 4.69) is 37.0 Å². The number of methoxy groups -OCH3 is 1. The Morgan fingerprint density at radius 1 is 1.71 bits per heavy atom. The summed E-state index contributed by atoms with van der Waals surface area (Å²) in [4.78, 5) is 17.3. The summed E-state index contributed by atoms with van der Waals surface area (Å²) in [5, 5.41) is 2.53. The highest BCUT2D eigenvalue weighted by molar-refractivity contribution is 9.12. The van der Waals surface area contributed by atoms with Gasteiger partial charge in [0.1, 0.15) is 5.69 Å². The van der Waals surface area contributed by atoms with Crippen molar-refractivity contribution in [2.45, 2.75) is 0 Å². The van der Waals surface area contributed by atoms with Crippen LogP contribution in [0.2, 0.25) is 0 Å². The minimum Gasteiger partial charge on any atom is -0.480 e. The molecule has 5 heteroatoms. The lowest BCUT2D eigenvalue weighted by atomic mass is 10.4. The van der Waals surface area contributed by atoms with Crippen LogP contribution in [0.3, 0.4) is 0 Å². The molecule has 0 radical (unpaired) electrons. The summed E-state index contributed by atoms with van der Waals surface area (Å²) < 4.78 is 4.94. The Kier molecular flexibility index (Phi) is 3.95. The Labute approximate surface area is 89.8 Å². The van der Waals surface area contributed by atoms with Gasteiger partial charge >= 0.3 is 5.91 Å². The molecule has 0 fully saturated rings. The molecule has 0 saturated heterocycles. The van der Waals surface area contributed by atoms with Crippen LogP contribution in [0.25, 0.3) is 0 Å². The van der Waals surface area contributed by atoms with Gasteiger partial charge in [0.25, 0.3) is 0 Å². The van der Waals surface area contributed by atoms with Gasteiger partial charge in [-0.1, -0.05) is 0 Å². The second-order valence-electron chi connectivity index (χ2n) is 2.23. The fourth-order valence-electron chi connectivity index (χ4n) is 0.845. The van der Waals surface area contributed by atoms with E-state index in [-0.39, 0.29) is 0 Å². The van der Waals surface area contributed by atoms with E-state index in [0.717, 1.165) is 0 Å². The molecule has 0 aliphatic heterocycles. The minimum atomic E-state index is -0.423. The molecule has 0 aromatic carbocycles. The summed E-state index contributed by atoms with van der Waals surface area (Å²) in [6.45, 7) is 0. The quantitative estimate of drug-likeness (QED) is 0.812. The molecule has 72 valence electrons. The molecule has 0 unspecified atom stereocenters. The zero-order valence-corrected chi connectivity index (χ0v) is 8.96. The fraction of sp³-hybridized carbons (Fsp3) is 0.111. The summed E-state index contributed by atoms with van der Waals surface area (Å²) in [7, 11) is 1.48. The van der Waals surface area contributed by atoms with E-state index >= 15 is 0 Å². The maximum Gasteiger partial charge on any atom is 0.301 e. The molecule has 0 saturated carbocycles. The van der Waals surface area contributed by atoms with Crippen LogP contribution >= 0.6 is 15.9 Å². The number of hydrogen-bond donors (Lipinski definition) is 1. The summed E-state index contributed by atoms with van der Waals surface area (Å²) in [6, 6.07) is 3.37. The van der Waals surface area contributed by atoms with Crippen LogP contribution in [0.15, 0.2) is 18.3 Å². The van der Waals surface area contributed by atoms with E-state index < -0.39 is 5.91 Å². The average Bonchev–Trinajstić information content (AvgIpc) is 2.19. The first kappa shape index (κ1) is 10.5. The van der Waals surface area contributed by atoms with Crippen LogP contribution in [0, 0.1) is 10.8 Å². The van der Waals surface area contributed by atoms with Crippen molar-refractivity contribution in [3.8, 4) is 16.6 Å². The Morgan fingerprint density at radius 2 is 2.50 bits per heavy atom. The Balaban J connectivity index is 2.83. The van der Waals surface area contributed by atoms with Crippen LogP contribution in [-0.2, 0) is 4.79 Å². The second kappa shape index (κ2) is 5.25. The molecule has 1 rings (SSSR count). The standard InChI is InChI=1S/C9H7BrN2O2/c1-14-9-7(3-2-6-11-9)12-8(13)4-5-10/h2-3,6H,1H3,(H,12,13). The first-order valence-corrected chi connectivity index (χ1v) is 4.49. The van der Waals surface area contributed by atoms with Gasteiger partial charge in [-0.2, -0.15) is 0 Å². The number of amides is 1. The van der Waals surface area contributed by atoms with Gasteiger partial charge in [-0.05, 0) is 17.0 Å². The van der Waals surface area contributed by atoms with Gasteiger partial charge in [-0.3, -0.25) is 4.79 Å². The molecule has 14 heavy (non-hydrogen) atoms. The lowest BCUT2D eigenvalue weighted by Gasteiger charge is -2.05. The number of hydrogen-bond acceptors (Lipinski definition) is 3. The van der Waals surface area contributed by atoms with Crippen LogP contribution in [0.4, 0.5) is 5.69 Å². The summed E-state index contributed by atoms with van der Waals surface area (Å²) >= 11 is 2.83. The molecule has 0 aliphatic carbocycles. The van der Waals surface area contributed by atoms with E-state index in [1.807, 2.05) is 0 Å². The van der Waals surface area contributed by atoms with Crippen molar-refractivity contribution in [1.82, 2.24) is 4.98 Å². The molecule has 1 aromatic rings. The third-order valence-electron chi connectivity index (χ3n) is 1.37. The highest BCUT2D eigenvalue weighted by Crippen LogP contribution is 2.19. The molecule has 0 spiro atoms. The van der Waals surface area contributed by atoms with Crippen LogP contribution in [0.1, 0.15) is 0 Å². The van der Waals surface area contributed by atoms with E-state index in [1.165, 1.54) is 7.11 Å². The average molecular weight is 255 g/mol. The molecule has 4 nitrogen and oxygen atoms in total. The van der Waals surface area contributed by atoms with Crippen LogP contribution in [0.5, 0.6) is 5.88 Å². The van der Waals surface area contributed by atoms with Gasteiger partial charge in [-0.25, -0.2) is 4.98 Å². The zero-order chi connectivity index (χ0) is 10.4. The number of anilines is 1. The molecular weight excluding hydrogens is 248 g/mol. The SMILES string of the molecule is COc1ncccc1NC(=O)C#CBr. The molecule has 1 heterocycles. The van der Waals surface area contributed by atoms with Gasteiger partial charge in [0.2, 0.25) is 5.88 Å². The molecular formula is C9H7BrN2O2. The van der Waals surface area contributed by atoms with Gasteiger partial charge in [0.15, 0.2) is 0 Å². The van der Waals surface area contributed by atoms with Gasteiger partial charge < -0.3 is 10.1 Å². The predicted molar refractivity (Wildman–Crippen MR) is 56.1 cm³/mol. The molecule has 0 bridgehead atoms.